The van der Waals surface area contributed by atoms with Crippen LogP contribution < -0.4 is 9.47 Å². The number of hydrogen-bond acceptors (Lipinski definition) is 4. The van der Waals surface area contributed by atoms with Crippen molar-refractivity contribution in [1.82, 2.24) is 0 Å². The molecule has 2 N–H and O–H groups in total. The molecule has 0 spiro atoms. The Morgan fingerprint density at radius 3 is 2.73 bits per heavy atom. The zero-order valence-electron chi connectivity index (χ0n) is 8.21. The first-order valence-corrected chi connectivity index (χ1v) is 4.37. The van der Waals surface area contributed by atoms with Crippen LogP contribution in [0, 0.1) is 0 Å². The predicted octanol–water partition coefficient (Wildman–Crippen LogP) is 0.867. The normalized spacial score (nSPS) is 11.9. The van der Waals surface area contributed by atoms with Crippen molar-refractivity contribution in [3.63, 3.8) is 0 Å². The van der Waals surface area contributed by atoms with E-state index in [1.54, 1.807) is 18.2 Å². The van der Waals surface area contributed by atoms with Crippen molar-refractivity contribution in [3.05, 3.63) is 24.3 Å². The average molecular weight is 212 g/mol. The highest BCUT2D eigenvalue weighted by molar-refractivity contribution is 5.68. The van der Waals surface area contributed by atoms with E-state index in [1.807, 2.05) is 0 Å². The standard InChI is InChI=1S/C10H12O5/c1-7(11)15-9-4-2-3-8(5-9)14-6-10(12)13/h2-5,7,11H,6H2,1H3,(H,12,13). The van der Waals surface area contributed by atoms with Gasteiger partial charge in [0.05, 0.1) is 0 Å². The van der Waals surface area contributed by atoms with Gasteiger partial charge >= 0.3 is 5.97 Å². The number of aliphatic carboxylic acids is 1. The van der Waals surface area contributed by atoms with Crippen LogP contribution in [0.15, 0.2) is 24.3 Å². The molecule has 82 valence electrons. The Balaban J connectivity index is 2.61. The molecule has 1 aromatic carbocycles. The third-order valence-electron chi connectivity index (χ3n) is 1.47. The van der Waals surface area contributed by atoms with Crippen molar-refractivity contribution in [2.75, 3.05) is 6.61 Å². The zero-order valence-corrected chi connectivity index (χ0v) is 8.21. The van der Waals surface area contributed by atoms with Gasteiger partial charge in [-0.25, -0.2) is 4.79 Å². The van der Waals surface area contributed by atoms with Gasteiger partial charge in [-0.05, 0) is 19.1 Å². The largest absolute Gasteiger partial charge is 0.482 e. The molecule has 5 heteroatoms. The van der Waals surface area contributed by atoms with Crippen molar-refractivity contribution in [2.24, 2.45) is 0 Å². The second kappa shape index (κ2) is 5.21. The van der Waals surface area contributed by atoms with Gasteiger partial charge in [-0.15, -0.1) is 0 Å². The molecule has 0 aliphatic rings. The Morgan fingerprint density at radius 1 is 1.47 bits per heavy atom. The number of benzene rings is 1. The van der Waals surface area contributed by atoms with Gasteiger partial charge in [0.15, 0.2) is 12.9 Å². The second-order valence-electron chi connectivity index (χ2n) is 2.87. The maximum atomic E-state index is 10.2. The quantitative estimate of drug-likeness (QED) is 0.708. The fraction of sp³-hybridized carbons (Fsp3) is 0.300. The second-order valence-corrected chi connectivity index (χ2v) is 2.87. The van der Waals surface area contributed by atoms with Gasteiger partial charge in [0, 0.05) is 6.07 Å². The van der Waals surface area contributed by atoms with Gasteiger partial charge in [-0.2, -0.15) is 0 Å². The van der Waals surface area contributed by atoms with Gasteiger partial charge in [-0.3, -0.25) is 0 Å². The average Bonchev–Trinajstić information content (AvgIpc) is 2.14. The molecule has 0 aliphatic heterocycles. The Bertz CT molecular complexity index is 334. The van der Waals surface area contributed by atoms with E-state index in [1.165, 1.54) is 13.0 Å². The summed E-state index contributed by atoms with van der Waals surface area (Å²) in [4.78, 5) is 10.2. The van der Waals surface area contributed by atoms with Gasteiger partial charge in [0.1, 0.15) is 11.5 Å². The molecular formula is C10H12O5. The Kier molecular flexibility index (Phi) is 3.93. The number of carboxylic acids is 1. The highest BCUT2D eigenvalue weighted by atomic mass is 16.6. The molecular weight excluding hydrogens is 200 g/mol. The first kappa shape index (κ1) is 11.3. The van der Waals surface area contributed by atoms with Crippen LogP contribution in [0.3, 0.4) is 0 Å². The lowest BCUT2D eigenvalue weighted by molar-refractivity contribution is -0.139. The van der Waals surface area contributed by atoms with E-state index in [9.17, 15) is 4.79 Å². The molecule has 1 aromatic rings. The van der Waals surface area contributed by atoms with Crippen molar-refractivity contribution < 1.29 is 24.5 Å². The van der Waals surface area contributed by atoms with Crippen LogP contribution in [-0.2, 0) is 4.79 Å². The molecule has 0 heterocycles. The van der Waals surface area contributed by atoms with Crippen LogP contribution in [0.1, 0.15) is 6.92 Å². The van der Waals surface area contributed by atoms with E-state index in [0.29, 0.717) is 11.5 Å². The van der Waals surface area contributed by atoms with E-state index < -0.39 is 18.9 Å². The predicted molar refractivity (Wildman–Crippen MR) is 51.9 cm³/mol. The molecule has 0 radical (unpaired) electrons. The van der Waals surface area contributed by atoms with Crippen LogP contribution in [-0.4, -0.2) is 29.1 Å². The van der Waals surface area contributed by atoms with E-state index in [2.05, 4.69) is 0 Å². The summed E-state index contributed by atoms with van der Waals surface area (Å²) in [5, 5.41) is 17.4. The number of rotatable bonds is 5. The van der Waals surface area contributed by atoms with Gasteiger partial charge in [0.2, 0.25) is 0 Å². The van der Waals surface area contributed by atoms with Crippen molar-refractivity contribution >= 4 is 5.97 Å². The first-order valence-electron chi connectivity index (χ1n) is 4.37. The lowest BCUT2D eigenvalue weighted by Crippen LogP contribution is -2.11. The molecule has 0 amide bonds. The number of carboxylic acid groups (broad SMARTS) is 1. The van der Waals surface area contributed by atoms with Crippen LogP contribution >= 0.6 is 0 Å². The van der Waals surface area contributed by atoms with Gasteiger partial charge in [0.25, 0.3) is 0 Å². The maximum absolute atomic E-state index is 10.2. The summed E-state index contributed by atoms with van der Waals surface area (Å²) >= 11 is 0. The smallest absolute Gasteiger partial charge is 0.341 e. The van der Waals surface area contributed by atoms with Crippen molar-refractivity contribution in [3.8, 4) is 11.5 Å². The van der Waals surface area contributed by atoms with E-state index in [0.717, 1.165) is 0 Å². The van der Waals surface area contributed by atoms with Gasteiger partial charge in [-0.1, -0.05) is 6.07 Å². The molecule has 1 rings (SSSR count). The fourth-order valence-corrected chi connectivity index (χ4v) is 0.979. The van der Waals surface area contributed by atoms with Crippen LogP contribution in [0.25, 0.3) is 0 Å². The minimum Gasteiger partial charge on any atom is -0.482 e. The minimum absolute atomic E-state index is 0.385. The molecule has 0 saturated carbocycles. The first-order chi connectivity index (χ1) is 7.08. The Labute approximate surface area is 86.9 Å². The van der Waals surface area contributed by atoms with Gasteiger partial charge < -0.3 is 19.7 Å². The molecule has 0 saturated heterocycles. The third-order valence-corrected chi connectivity index (χ3v) is 1.47. The topological polar surface area (TPSA) is 76.0 Å². The lowest BCUT2D eigenvalue weighted by atomic mass is 10.3. The minimum atomic E-state index is -1.04. The summed E-state index contributed by atoms with van der Waals surface area (Å²) < 4.78 is 9.92. The van der Waals surface area contributed by atoms with Crippen LogP contribution in [0.5, 0.6) is 11.5 Å². The highest BCUT2D eigenvalue weighted by Crippen LogP contribution is 2.19. The van der Waals surface area contributed by atoms with Crippen LogP contribution in [0.4, 0.5) is 0 Å². The molecule has 1 unspecified atom stereocenters. The number of carbonyl (C=O) groups is 1. The molecule has 1 atom stereocenters. The molecule has 5 nitrogen and oxygen atoms in total. The number of aliphatic hydroxyl groups excluding tert-OH is 1. The molecule has 0 bridgehead atoms. The summed E-state index contributed by atoms with van der Waals surface area (Å²) in [5.74, 6) is -0.236. The highest BCUT2D eigenvalue weighted by Gasteiger charge is 2.02. The summed E-state index contributed by atoms with van der Waals surface area (Å²) in [6.45, 7) is 1.07. The van der Waals surface area contributed by atoms with Crippen molar-refractivity contribution in [2.45, 2.75) is 13.2 Å². The van der Waals surface area contributed by atoms with Crippen molar-refractivity contribution in [1.29, 1.82) is 0 Å². The SMILES string of the molecule is CC(O)Oc1cccc(OCC(=O)O)c1. The molecule has 0 aromatic heterocycles. The fourth-order valence-electron chi connectivity index (χ4n) is 0.979. The number of hydrogen-bond donors (Lipinski definition) is 2. The summed E-state index contributed by atoms with van der Waals surface area (Å²) in [5.41, 5.74) is 0. The number of ether oxygens (including phenoxy) is 2. The van der Waals surface area contributed by atoms with Crippen LogP contribution in [0.2, 0.25) is 0 Å². The summed E-state index contributed by atoms with van der Waals surface area (Å²) in [6, 6.07) is 6.41. The van der Waals surface area contributed by atoms with E-state index in [-0.39, 0.29) is 0 Å². The molecule has 0 aliphatic carbocycles. The summed E-state index contributed by atoms with van der Waals surface area (Å²) in [6.07, 6.45) is -0.917. The monoisotopic (exact) mass is 212 g/mol. The molecule has 0 fully saturated rings. The maximum Gasteiger partial charge on any atom is 0.341 e. The zero-order chi connectivity index (χ0) is 11.3. The van der Waals surface area contributed by atoms with E-state index in [4.69, 9.17) is 19.7 Å². The van der Waals surface area contributed by atoms with E-state index >= 15 is 0 Å². The molecule has 15 heavy (non-hydrogen) atoms. The summed E-state index contributed by atoms with van der Waals surface area (Å²) in [7, 11) is 0. The number of aliphatic hydroxyl groups is 1. The third kappa shape index (κ3) is 4.33. The Hall–Kier alpha value is -1.75. The lowest BCUT2D eigenvalue weighted by Gasteiger charge is -2.09. The Morgan fingerprint density at radius 2 is 2.13 bits per heavy atom.